The summed E-state index contributed by atoms with van der Waals surface area (Å²) in [4.78, 5) is 10.4. The standard InChI is InChI=1S/C19H25ClN4O2S/c1-4-21-19(23-11-17-24-12(2)13(3)27-17)22-6-5-14-9-15(20)18-16(10-14)25-7-8-26-18/h9-10H,4-8,11H2,1-3H3,(H2,21,22,23). The summed E-state index contributed by atoms with van der Waals surface area (Å²) in [5.74, 6) is 2.15. The lowest BCUT2D eigenvalue weighted by molar-refractivity contribution is 0.171. The predicted molar refractivity (Wildman–Crippen MR) is 111 cm³/mol. The summed E-state index contributed by atoms with van der Waals surface area (Å²) < 4.78 is 11.2. The van der Waals surface area contributed by atoms with Gasteiger partial charge in [-0.25, -0.2) is 9.98 Å². The zero-order valence-corrected chi connectivity index (χ0v) is 17.5. The molecule has 0 aliphatic carbocycles. The lowest BCUT2D eigenvalue weighted by Gasteiger charge is -2.20. The van der Waals surface area contributed by atoms with Gasteiger partial charge in [-0.05, 0) is 44.9 Å². The van der Waals surface area contributed by atoms with Gasteiger partial charge in [0.05, 0.1) is 17.3 Å². The van der Waals surface area contributed by atoms with E-state index in [1.54, 1.807) is 11.3 Å². The third kappa shape index (κ3) is 5.26. The number of aromatic nitrogens is 1. The number of fused-ring (bicyclic) bond motifs is 1. The Kier molecular flexibility index (Phi) is 6.79. The summed E-state index contributed by atoms with van der Waals surface area (Å²) in [6.45, 7) is 9.37. The molecule has 0 radical (unpaired) electrons. The molecule has 8 heteroatoms. The summed E-state index contributed by atoms with van der Waals surface area (Å²) in [6.07, 6.45) is 0.802. The van der Waals surface area contributed by atoms with Crippen LogP contribution in [0.1, 0.15) is 28.1 Å². The molecule has 27 heavy (non-hydrogen) atoms. The van der Waals surface area contributed by atoms with E-state index in [1.807, 2.05) is 19.1 Å². The molecular weight excluding hydrogens is 384 g/mol. The Hall–Kier alpha value is -1.99. The molecule has 2 N–H and O–H groups in total. The Balaban J connectivity index is 1.58. The van der Waals surface area contributed by atoms with Gasteiger partial charge in [-0.15, -0.1) is 11.3 Å². The van der Waals surface area contributed by atoms with Crippen LogP contribution in [-0.4, -0.2) is 37.2 Å². The summed E-state index contributed by atoms with van der Waals surface area (Å²) in [7, 11) is 0. The maximum Gasteiger partial charge on any atom is 0.191 e. The van der Waals surface area contributed by atoms with Gasteiger partial charge in [0.15, 0.2) is 17.5 Å². The monoisotopic (exact) mass is 408 g/mol. The molecule has 0 saturated heterocycles. The number of rotatable bonds is 6. The molecule has 1 aromatic heterocycles. The number of halogens is 1. The number of ether oxygens (including phenoxy) is 2. The van der Waals surface area contributed by atoms with Gasteiger partial charge in [0.1, 0.15) is 18.2 Å². The highest BCUT2D eigenvalue weighted by Crippen LogP contribution is 2.38. The van der Waals surface area contributed by atoms with Gasteiger partial charge in [0.25, 0.3) is 0 Å². The first-order valence-corrected chi connectivity index (χ1v) is 10.3. The van der Waals surface area contributed by atoms with Crippen molar-refractivity contribution in [3.63, 3.8) is 0 Å². The van der Waals surface area contributed by atoms with Crippen molar-refractivity contribution < 1.29 is 9.47 Å². The summed E-state index contributed by atoms with van der Waals surface area (Å²) in [5.41, 5.74) is 2.18. The van der Waals surface area contributed by atoms with E-state index in [0.29, 0.717) is 30.5 Å². The van der Waals surface area contributed by atoms with E-state index in [2.05, 4.69) is 34.5 Å². The predicted octanol–water partition coefficient (Wildman–Crippen LogP) is 3.48. The second kappa shape index (κ2) is 9.28. The van der Waals surface area contributed by atoms with Crippen LogP contribution >= 0.6 is 22.9 Å². The fourth-order valence-corrected chi connectivity index (χ4v) is 3.88. The number of nitrogens with one attached hydrogen (secondary N) is 2. The first-order valence-electron chi connectivity index (χ1n) is 9.10. The molecule has 0 fully saturated rings. The second-order valence-corrected chi connectivity index (χ2v) is 7.92. The molecule has 0 atom stereocenters. The Morgan fingerprint density at radius 2 is 2.07 bits per heavy atom. The van der Waals surface area contributed by atoms with Crippen LogP contribution in [0.4, 0.5) is 0 Å². The van der Waals surface area contributed by atoms with Crippen molar-refractivity contribution in [3.8, 4) is 11.5 Å². The van der Waals surface area contributed by atoms with Gasteiger partial charge in [-0.1, -0.05) is 11.6 Å². The topological polar surface area (TPSA) is 67.8 Å². The summed E-state index contributed by atoms with van der Waals surface area (Å²) in [5, 5.41) is 8.25. The molecular formula is C19H25ClN4O2S. The minimum atomic E-state index is 0.536. The van der Waals surface area contributed by atoms with Gasteiger partial charge < -0.3 is 20.1 Å². The van der Waals surface area contributed by atoms with E-state index in [4.69, 9.17) is 21.1 Å². The maximum atomic E-state index is 6.30. The van der Waals surface area contributed by atoms with E-state index < -0.39 is 0 Å². The first kappa shape index (κ1) is 19.8. The number of hydrogen-bond donors (Lipinski definition) is 2. The highest BCUT2D eigenvalue weighted by molar-refractivity contribution is 7.11. The van der Waals surface area contributed by atoms with Gasteiger partial charge in [0, 0.05) is 18.0 Å². The highest BCUT2D eigenvalue weighted by atomic mass is 35.5. The van der Waals surface area contributed by atoms with Gasteiger partial charge in [-0.2, -0.15) is 0 Å². The molecule has 146 valence electrons. The van der Waals surface area contributed by atoms with E-state index in [1.165, 1.54) is 4.88 Å². The smallest absolute Gasteiger partial charge is 0.191 e. The third-order valence-electron chi connectivity index (χ3n) is 4.15. The molecule has 1 aliphatic heterocycles. The van der Waals surface area contributed by atoms with Gasteiger partial charge in [-0.3, -0.25) is 0 Å². The number of benzene rings is 1. The van der Waals surface area contributed by atoms with Crippen molar-refractivity contribution in [1.82, 2.24) is 15.6 Å². The van der Waals surface area contributed by atoms with Crippen LogP contribution in [0.15, 0.2) is 17.1 Å². The van der Waals surface area contributed by atoms with Crippen molar-refractivity contribution in [3.05, 3.63) is 38.3 Å². The van der Waals surface area contributed by atoms with Crippen LogP contribution in [0.3, 0.4) is 0 Å². The van der Waals surface area contributed by atoms with Crippen molar-refractivity contribution in [2.75, 3.05) is 26.3 Å². The number of aliphatic imine (C=N–C) groups is 1. The van der Waals surface area contributed by atoms with Crippen LogP contribution in [0.5, 0.6) is 11.5 Å². The van der Waals surface area contributed by atoms with E-state index in [0.717, 1.165) is 47.5 Å². The van der Waals surface area contributed by atoms with E-state index in [9.17, 15) is 0 Å². The zero-order valence-electron chi connectivity index (χ0n) is 15.9. The second-order valence-electron chi connectivity index (χ2n) is 6.22. The normalized spacial score (nSPS) is 13.6. The van der Waals surface area contributed by atoms with E-state index >= 15 is 0 Å². The Bertz CT molecular complexity index is 803. The fourth-order valence-electron chi connectivity index (χ4n) is 2.73. The number of guanidine groups is 1. The molecule has 1 aromatic carbocycles. The average Bonchev–Trinajstić information content (AvgIpc) is 2.97. The van der Waals surface area contributed by atoms with Crippen LogP contribution in [0, 0.1) is 13.8 Å². The Morgan fingerprint density at radius 1 is 1.26 bits per heavy atom. The molecule has 0 unspecified atom stereocenters. The Labute approximate surface area is 169 Å². The van der Waals surface area contributed by atoms with Gasteiger partial charge >= 0.3 is 0 Å². The third-order valence-corrected chi connectivity index (χ3v) is 5.49. The number of nitrogens with zero attached hydrogens (tertiary/aromatic N) is 2. The molecule has 2 aromatic rings. The molecule has 0 bridgehead atoms. The number of aryl methyl sites for hydroxylation is 2. The van der Waals surface area contributed by atoms with Crippen LogP contribution in [0.25, 0.3) is 0 Å². The van der Waals surface area contributed by atoms with Crippen molar-refractivity contribution in [2.24, 2.45) is 4.99 Å². The fraction of sp³-hybridized carbons (Fsp3) is 0.474. The number of hydrogen-bond acceptors (Lipinski definition) is 5. The SMILES string of the molecule is CCNC(=NCc1nc(C)c(C)s1)NCCc1cc(Cl)c2c(c1)OCCO2. The van der Waals surface area contributed by atoms with Crippen LogP contribution in [-0.2, 0) is 13.0 Å². The van der Waals surface area contributed by atoms with E-state index in [-0.39, 0.29) is 0 Å². The zero-order chi connectivity index (χ0) is 19.2. The minimum absolute atomic E-state index is 0.536. The average molecular weight is 409 g/mol. The summed E-state index contributed by atoms with van der Waals surface area (Å²) >= 11 is 8.00. The summed E-state index contributed by atoms with van der Waals surface area (Å²) in [6, 6.07) is 3.93. The van der Waals surface area contributed by atoms with Crippen molar-refractivity contribution in [1.29, 1.82) is 0 Å². The van der Waals surface area contributed by atoms with Crippen LogP contribution in [0.2, 0.25) is 5.02 Å². The molecule has 0 spiro atoms. The molecule has 0 saturated carbocycles. The lowest BCUT2D eigenvalue weighted by atomic mass is 10.1. The first-order chi connectivity index (χ1) is 13.1. The van der Waals surface area contributed by atoms with Crippen molar-refractivity contribution >= 4 is 28.9 Å². The van der Waals surface area contributed by atoms with Crippen molar-refractivity contribution in [2.45, 2.75) is 33.7 Å². The lowest BCUT2D eigenvalue weighted by Crippen LogP contribution is -2.38. The maximum absolute atomic E-state index is 6.30. The largest absolute Gasteiger partial charge is 0.486 e. The molecule has 1 aliphatic rings. The quantitative estimate of drug-likeness (QED) is 0.565. The molecule has 3 rings (SSSR count). The number of thiazole rings is 1. The molecule has 2 heterocycles. The molecule has 0 amide bonds. The van der Waals surface area contributed by atoms with Gasteiger partial charge in [0.2, 0.25) is 0 Å². The minimum Gasteiger partial charge on any atom is -0.486 e. The highest BCUT2D eigenvalue weighted by Gasteiger charge is 2.16. The Morgan fingerprint density at radius 3 is 2.81 bits per heavy atom. The van der Waals surface area contributed by atoms with Crippen LogP contribution < -0.4 is 20.1 Å². The molecule has 6 nitrogen and oxygen atoms in total.